The largest absolute Gasteiger partial charge is 0.492 e. The monoisotopic (exact) mass is 224 g/mol. The third-order valence-corrected chi connectivity index (χ3v) is 2.68. The van der Waals surface area contributed by atoms with Gasteiger partial charge in [-0.15, -0.1) is 5.10 Å². The second kappa shape index (κ2) is 3.79. The van der Waals surface area contributed by atoms with Crippen LogP contribution in [0.1, 0.15) is 59.7 Å². The van der Waals surface area contributed by atoms with E-state index in [2.05, 4.69) is 53.6 Å². The number of hydrogen-bond acceptors (Lipinski definition) is 2. The van der Waals surface area contributed by atoms with Crippen LogP contribution < -0.4 is 0 Å². The van der Waals surface area contributed by atoms with Gasteiger partial charge in [0.1, 0.15) is 0 Å². The molecule has 1 N–H and O–H groups in total. The molecule has 0 amide bonds. The average Bonchev–Trinajstić information content (AvgIpc) is 2.40. The third kappa shape index (κ3) is 2.23. The summed E-state index contributed by atoms with van der Waals surface area (Å²) in [5, 5.41) is 14.3. The van der Waals surface area contributed by atoms with E-state index in [0.717, 1.165) is 17.7 Å². The van der Waals surface area contributed by atoms with E-state index in [-0.39, 0.29) is 16.8 Å². The van der Waals surface area contributed by atoms with Gasteiger partial charge < -0.3 is 5.11 Å². The fourth-order valence-corrected chi connectivity index (χ4v) is 2.09. The number of aromatic nitrogens is 2. The molecule has 92 valence electrons. The molecule has 3 nitrogen and oxygen atoms in total. The molecule has 0 fully saturated rings. The highest BCUT2D eigenvalue weighted by atomic mass is 16.3. The maximum Gasteiger partial charge on any atom is 0.234 e. The third-order valence-electron chi connectivity index (χ3n) is 2.68. The second-order valence-corrected chi connectivity index (χ2v) is 6.33. The predicted molar refractivity (Wildman–Crippen MR) is 67.0 cm³/mol. The normalized spacial score (nSPS) is 13.2. The molecule has 0 saturated carbocycles. The highest BCUT2D eigenvalue weighted by Crippen LogP contribution is 2.35. The summed E-state index contributed by atoms with van der Waals surface area (Å²) in [7, 11) is 0. The van der Waals surface area contributed by atoms with E-state index in [4.69, 9.17) is 0 Å². The van der Waals surface area contributed by atoms with E-state index in [9.17, 15) is 5.11 Å². The zero-order valence-corrected chi connectivity index (χ0v) is 11.5. The lowest BCUT2D eigenvalue weighted by molar-refractivity contribution is 0.329. The summed E-state index contributed by atoms with van der Waals surface area (Å²) in [6, 6.07) is 0. The van der Waals surface area contributed by atoms with Crippen LogP contribution in [-0.2, 0) is 17.4 Å². The van der Waals surface area contributed by atoms with Crippen LogP contribution in [0.25, 0.3) is 0 Å². The molecule has 0 bridgehead atoms. The minimum Gasteiger partial charge on any atom is -0.492 e. The summed E-state index contributed by atoms with van der Waals surface area (Å²) in [4.78, 5) is 0. The SMILES string of the molecule is CCc1c(C(C)(C)C)c(O)nn1C(C)(C)C. The van der Waals surface area contributed by atoms with Crippen LogP contribution in [0.3, 0.4) is 0 Å². The van der Waals surface area contributed by atoms with Crippen LogP contribution in [0, 0.1) is 0 Å². The van der Waals surface area contributed by atoms with Crippen LogP contribution in [0.4, 0.5) is 0 Å². The Hall–Kier alpha value is -0.990. The number of hydrogen-bond donors (Lipinski definition) is 1. The lowest BCUT2D eigenvalue weighted by atomic mass is 9.86. The van der Waals surface area contributed by atoms with Crippen LogP contribution in [0.2, 0.25) is 0 Å². The molecular weight excluding hydrogens is 200 g/mol. The van der Waals surface area contributed by atoms with Gasteiger partial charge in [0.2, 0.25) is 5.88 Å². The highest BCUT2D eigenvalue weighted by Gasteiger charge is 2.30. The van der Waals surface area contributed by atoms with Gasteiger partial charge in [-0.05, 0) is 32.6 Å². The van der Waals surface area contributed by atoms with Gasteiger partial charge in [0.15, 0.2) is 0 Å². The number of nitrogens with zero attached hydrogens (tertiary/aromatic N) is 2. The Morgan fingerprint density at radius 3 is 1.94 bits per heavy atom. The van der Waals surface area contributed by atoms with Crippen LogP contribution in [0.15, 0.2) is 0 Å². The van der Waals surface area contributed by atoms with Gasteiger partial charge in [-0.2, -0.15) is 0 Å². The fourth-order valence-electron chi connectivity index (χ4n) is 2.09. The molecule has 16 heavy (non-hydrogen) atoms. The molecule has 3 heteroatoms. The summed E-state index contributed by atoms with van der Waals surface area (Å²) in [5.74, 6) is 0.180. The fraction of sp³-hybridized carbons (Fsp3) is 0.769. The lowest BCUT2D eigenvalue weighted by Crippen LogP contribution is -2.26. The van der Waals surface area contributed by atoms with E-state index >= 15 is 0 Å². The van der Waals surface area contributed by atoms with Crippen molar-refractivity contribution in [1.29, 1.82) is 0 Å². The molecule has 1 heterocycles. The Kier molecular flexibility index (Phi) is 3.10. The van der Waals surface area contributed by atoms with E-state index in [1.54, 1.807) is 0 Å². The van der Waals surface area contributed by atoms with Gasteiger partial charge in [-0.25, -0.2) is 0 Å². The first-order valence-electron chi connectivity index (χ1n) is 5.91. The Balaban J connectivity index is 3.48. The molecule has 1 rings (SSSR count). The van der Waals surface area contributed by atoms with E-state index < -0.39 is 0 Å². The smallest absolute Gasteiger partial charge is 0.234 e. The molecule has 0 unspecified atom stereocenters. The number of rotatable bonds is 1. The molecular formula is C13H24N2O. The first kappa shape index (κ1) is 13.1. The topological polar surface area (TPSA) is 38.1 Å². The minimum absolute atomic E-state index is 0.0705. The summed E-state index contributed by atoms with van der Waals surface area (Å²) in [6.07, 6.45) is 0.886. The van der Waals surface area contributed by atoms with E-state index in [0.29, 0.717) is 0 Å². The standard InChI is InChI=1S/C13H24N2O/c1-8-9-10(12(2,3)4)11(16)14-15(9)13(5,6)7/h8H2,1-7H3,(H,14,16). The minimum atomic E-state index is -0.0909. The van der Waals surface area contributed by atoms with Gasteiger partial charge in [0, 0.05) is 11.3 Å². The summed E-state index contributed by atoms with van der Waals surface area (Å²) >= 11 is 0. The van der Waals surface area contributed by atoms with Crippen molar-refractivity contribution in [3.05, 3.63) is 11.3 Å². The van der Waals surface area contributed by atoms with E-state index in [1.165, 1.54) is 0 Å². The Labute approximate surface area is 98.5 Å². The average molecular weight is 224 g/mol. The zero-order chi connectivity index (χ0) is 12.7. The summed E-state index contributed by atoms with van der Waals surface area (Å²) < 4.78 is 1.95. The quantitative estimate of drug-likeness (QED) is 0.795. The summed E-state index contributed by atoms with van der Waals surface area (Å²) in [5.41, 5.74) is 1.95. The number of aromatic hydroxyl groups is 1. The van der Waals surface area contributed by atoms with Crippen LogP contribution in [0.5, 0.6) is 5.88 Å². The maximum atomic E-state index is 10.0. The van der Waals surface area contributed by atoms with Crippen molar-refractivity contribution in [3.8, 4) is 5.88 Å². The molecule has 0 saturated heterocycles. The van der Waals surface area contributed by atoms with Crippen molar-refractivity contribution in [2.45, 2.75) is 65.8 Å². The Morgan fingerprint density at radius 1 is 1.12 bits per heavy atom. The predicted octanol–water partition coefficient (Wildman–Crippen LogP) is 3.20. The van der Waals surface area contributed by atoms with Crippen LogP contribution >= 0.6 is 0 Å². The lowest BCUT2D eigenvalue weighted by Gasteiger charge is -2.24. The van der Waals surface area contributed by atoms with Gasteiger partial charge in [-0.3, -0.25) is 4.68 Å². The van der Waals surface area contributed by atoms with Crippen molar-refractivity contribution in [2.24, 2.45) is 0 Å². The molecule has 1 aromatic rings. The molecule has 1 aromatic heterocycles. The molecule has 0 spiro atoms. The summed E-state index contributed by atoms with van der Waals surface area (Å²) in [6.45, 7) is 14.7. The van der Waals surface area contributed by atoms with Gasteiger partial charge in [0.05, 0.1) is 5.54 Å². The first-order chi connectivity index (χ1) is 7.09. The van der Waals surface area contributed by atoms with Crippen molar-refractivity contribution in [3.63, 3.8) is 0 Å². The van der Waals surface area contributed by atoms with Crippen molar-refractivity contribution >= 4 is 0 Å². The van der Waals surface area contributed by atoms with Gasteiger partial charge in [-0.1, -0.05) is 27.7 Å². The Bertz CT molecular complexity index is 378. The molecule has 0 radical (unpaired) electrons. The molecule has 0 aliphatic heterocycles. The molecule has 0 atom stereocenters. The second-order valence-electron chi connectivity index (χ2n) is 6.33. The van der Waals surface area contributed by atoms with Crippen LogP contribution in [-0.4, -0.2) is 14.9 Å². The molecule has 0 aliphatic carbocycles. The molecule has 0 aromatic carbocycles. The van der Waals surface area contributed by atoms with E-state index in [1.807, 2.05) is 4.68 Å². The highest BCUT2D eigenvalue weighted by molar-refractivity contribution is 5.37. The van der Waals surface area contributed by atoms with Crippen molar-refractivity contribution in [1.82, 2.24) is 9.78 Å². The zero-order valence-electron chi connectivity index (χ0n) is 11.5. The maximum absolute atomic E-state index is 10.0. The first-order valence-corrected chi connectivity index (χ1v) is 5.91. The van der Waals surface area contributed by atoms with Gasteiger partial charge >= 0.3 is 0 Å². The van der Waals surface area contributed by atoms with Gasteiger partial charge in [0.25, 0.3) is 0 Å². The van der Waals surface area contributed by atoms with Crippen molar-refractivity contribution in [2.75, 3.05) is 0 Å². The van der Waals surface area contributed by atoms with Crippen molar-refractivity contribution < 1.29 is 5.11 Å². The Morgan fingerprint density at radius 2 is 1.62 bits per heavy atom. The molecule has 0 aliphatic rings.